The fraction of sp³-hybridized carbons (Fsp3) is 0. The third kappa shape index (κ3) is 7.83. The third-order valence-corrected chi connectivity index (χ3v) is 1.11. The van der Waals surface area contributed by atoms with Gasteiger partial charge in [-0.05, 0) is 0 Å². The van der Waals surface area contributed by atoms with E-state index in [1.165, 1.54) is 0 Å². The Balaban J connectivity index is 0. The molecule has 0 N–H and O–H groups in total. The van der Waals surface area contributed by atoms with Gasteiger partial charge >= 0.3 is 17.1 Å². The summed E-state index contributed by atoms with van der Waals surface area (Å²) in [5.74, 6) is 0. The molecule has 2 rings (SSSR count). The molecule has 67 valence electrons. The van der Waals surface area contributed by atoms with E-state index in [1.54, 1.807) is 0 Å². The smallest absolute Gasteiger partial charge is 0.214 e. The first-order valence-electron chi connectivity index (χ1n) is 3.33. The van der Waals surface area contributed by atoms with E-state index in [0.29, 0.717) is 0 Å². The molecule has 0 aromatic heterocycles. The second-order valence-corrected chi connectivity index (χ2v) is 1.92. The molecule has 0 fully saturated rings. The van der Waals surface area contributed by atoms with Crippen molar-refractivity contribution in [3.8, 4) is 0 Å². The summed E-state index contributed by atoms with van der Waals surface area (Å²) in [5, 5.41) is 0. The van der Waals surface area contributed by atoms with E-state index in [4.69, 9.17) is 0 Å². The molecule has 0 saturated carbocycles. The Kier molecular flexibility index (Phi) is 12.7. The predicted octanol–water partition coefficient (Wildman–Crippen LogP) is 2.81. The van der Waals surface area contributed by atoms with Crippen molar-refractivity contribution in [3.05, 3.63) is 60.7 Å². The van der Waals surface area contributed by atoms with Gasteiger partial charge in [-0.3, -0.25) is 0 Å². The fourth-order valence-electron chi connectivity index (χ4n) is 0.642. The first kappa shape index (κ1) is 14.3. The SMILES string of the molecule is [Co].[Fe+2].c1cc[cH-]c1.c1cc[cH-]c1. The Hall–Kier alpha value is -0.274. The zero-order valence-corrected chi connectivity index (χ0v) is 8.61. The summed E-state index contributed by atoms with van der Waals surface area (Å²) in [6.07, 6.45) is 0. The van der Waals surface area contributed by atoms with Gasteiger partial charge in [0.05, 0.1) is 0 Å². The van der Waals surface area contributed by atoms with Crippen molar-refractivity contribution >= 4 is 0 Å². The fourth-order valence-corrected chi connectivity index (χ4v) is 0.642. The van der Waals surface area contributed by atoms with Crippen LogP contribution in [0.15, 0.2) is 60.7 Å². The molecule has 0 nitrogen and oxygen atoms in total. The van der Waals surface area contributed by atoms with Crippen LogP contribution in [0.4, 0.5) is 0 Å². The molecule has 0 aliphatic heterocycles. The van der Waals surface area contributed by atoms with Gasteiger partial charge in [0.1, 0.15) is 0 Å². The van der Waals surface area contributed by atoms with E-state index >= 15 is 0 Å². The molecule has 0 bridgehead atoms. The van der Waals surface area contributed by atoms with Gasteiger partial charge in [-0.25, -0.2) is 24.3 Å². The van der Waals surface area contributed by atoms with Crippen LogP contribution in [0.3, 0.4) is 0 Å². The van der Waals surface area contributed by atoms with Gasteiger partial charge < -0.3 is 0 Å². The summed E-state index contributed by atoms with van der Waals surface area (Å²) in [5.41, 5.74) is 0. The molecule has 0 heterocycles. The summed E-state index contributed by atoms with van der Waals surface area (Å²) in [4.78, 5) is 0. The van der Waals surface area contributed by atoms with E-state index in [2.05, 4.69) is 0 Å². The van der Waals surface area contributed by atoms with Crippen molar-refractivity contribution in [2.45, 2.75) is 0 Å². The van der Waals surface area contributed by atoms with Crippen LogP contribution in [-0.2, 0) is 33.8 Å². The Labute approximate surface area is 94.4 Å². The van der Waals surface area contributed by atoms with Crippen molar-refractivity contribution in [2.75, 3.05) is 0 Å². The van der Waals surface area contributed by atoms with Crippen molar-refractivity contribution in [1.29, 1.82) is 0 Å². The molecule has 12 heavy (non-hydrogen) atoms. The molecule has 0 spiro atoms. The topological polar surface area (TPSA) is 0 Å². The van der Waals surface area contributed by atoms with Gasteiger partial charge in [-0.2, -0.15) is 36.4 Å². The molecule has 0 unspecified atom stereocenters. The average Bonchev–Trinajstić information content (AvgIpc) is 2.67. The Morgan fingerprint density at radius 3 is 0.917 bits per heavy atom. The molecule has 2 aromatic rings. The van der Waals surface area contributed by atoms with E-state index < -0.39 is 0 Å². The van der Waals surface area contributed by atoms with Crippen LogP contribution in [0.25, 0.3) is 0 Å². The second-order valence-electron chi connectivity index (χ2n) is 1.92. The van der Waals surface area contributed by atoms with Gasteiger partial charge in [0.2, 0.25) is 0 Å². The van der Waals surface area contributed by atoms with Crippen LogP contribution >= 0.6 is 0 Å². The summed E-state index contributed by atoms with van der Waals surface area (Å²) in [7, 11) is 0. The maximum Gasteiger partial charge on any atom is 2.00 e. The first-order valence-corrected chi connectivity index (χ1v) is 3.33. The van der Waals surface area contributed by atoms with E-state index in [9.17, 15) is 0 Å². The molecule has 0 saturated heterocycles. The van der Waals surface area contributed by atoms with Crippen molar-refractivity contribution in [2.24, 2.45) is 0 Å². The molecule has 0 atom stereocenters. The van der Waals surface area contributed by atoms with E-state index in [0.717, 1.165) is 0 Å². The second kappa shape index (κ2) is 10.7. The molecule has 0 aliphatic carbocycles. The van der Waals surface area contributed by atoms with Crippen molar-refractivity contribution in [1.82, 2.24) is 0 Å². The standard InChI is InChI=1S/2C5H5.Co.Fe/c2*1-2-4-5-3-1;;/h2*1-5H;;/q2*-1;;+2. The molecular weight excluding hydrogens is 235 g/mol. The van der Waals surface area contributed by atoms with Gasteiger partial charge in [0.15, 0.2) is 0 Å². The normalized spacial score (nSPS) is 6.67. The third-order valence-electron chi connectivity index (χ3n) is 1.11. The largest absolute Gasteiger partial charge is 2.00 e. The van der Waals surface area contributed by atoms with Crippen LogP contribution in [-0.4, -0.2) is 0 Å². The summed E-state index contributed by atoms with van der Waals surface area (Å²) in [6.45, 7) is 0. The molecule has 2 heteroatoms. The minimum absolute atomic E-state index is 0. The minimum Gasteiger partial charge on any atom is -0.214 e. The maximum atomic E-state index is 2.00. The van der Waals surface area contributed by atoms with Gasteiger partial charge in [-0.1, -0.05) is 0 Å². The first-order chi connectivity index (χ1) is 5.00. The molecular formula is C10H10CoFe. The van der Waals surface area contributed by atoms with E-state index in [1.807, 2.05) is 60.7 Å². The van der Waals surface area contributed by atoms with Gasteiger partial charge in [0, 0.05) is 16.8 Å². The molecule has 2 aromatic carbocycles. The minimum atomic E-state index is 0. The van der Waals surface area contributed by atoms with Crippen LogP contribution in [0, 0.1) is 0 Å². The molecule has 0 aliphatic rings. The van der Waals surface area contributed by atoms with Crippen LogP contribution < -0.4 is 0 Å². The van der Waals surface area contributed by atoms with Gasteiger partial charge in [0.25, 0.3) is 0 Å². The number of rotatable bonds is 0. The maximum absolute atomic E-state index is 2.00. The summed E-state index contributed by atoms with van der Waals surface area (Å²) < 4.78 is 0. The molecule has 1 radical (unpaired) electrons. The van der Waals surface area contributed by atoms with Crippen LogP contribution in [0.1, 0.15) is 0 Å². The Bertz CT molecular complexity index is 149. The van der Waals surface area contributed by atoms with Gasteiger partial charge in [-0.15, -0.1) is 0 Å². The molecule has 0 amide bonds. The van der Waals surface area contributed by atoms with Crippen molar-refractivity contribution in [3.63, 3.8) is 0 Å². The summed E-state index contributed by atoms with van der Waals surface area (Å²) in [6, 6.07) is 20.0. The Morgan fingerprint density at radius 1 is 0.583 bits per heavy atom. The number of hydrogen-bond acceptors (Lipinski definition) is 0. The van der Waals surface area contributed by atoms with Crippen LogP contribution in [0.2, 0.25) is 0 Å². The van der Waals surface area contributed by atoms with Crippen molar-refractivity contribution < 1.29 is 33.8 Å². The summed E-state index contributed by atoms with van der Waals surface area (Å²) >= 11 is 0. The average molecular weight is 245 g/mol. The quantitative estimate of drug-likeness (QED) is 0.494. The predicted molar refractivity (Wildman–Crippen MR) is 44.1 cm³/mol. The van der Waals surface area contributed by atoms with E-state index in [-0.39, 0.29) is 33.8 Å². The number of hydrogen-bond donors (Lipinski definition) is 0. The zero-order chi connectivity index (χ0) is 7.07. The van der Waals surface area contributed by atoms with Crippen LogP contribution in [0.5, 0.6) is 0 Å². The zero-order valence-electron chi connectivity index (χ0n) is 6.46. The monoisotopic (exact) mass is 245 g/mol. The Morgan fingerprint density at radius 2 is 0.833 bits per heavy atom.